The lowest BCUT2D eigenvalue weighted by Gasteiger charge is -2.19. The number of hydrogen-bond donors (Lipinski definition) is 0. The fraction of sp³-hybridized carbons (Fsp3) is 0.235. The van der Waals surface area contributed by atoms with E-state index in [4.69, 9.17) is 4.74 Å². The van der Waals surface area contributed by atoms with Gasteiger partial charge in [0.25, 0.3) is 5.91 Å². The van der Waals surface area contributed by atoms with Crippen molar-refractivity contribution in [2.45, 2.75) is 19.3 Å². The first kappa shape index (κ1) is 13.8. The van der Waals surface area contributed by atoms with E-state index in [0.717, 1.165) is 5.56 Å². The molecule has 0 aliphatic carbocycles. The van der Waals surface area contributed by atoms with Crippen LogP contribution in [-0.2, 0) is 4.74 Å². The van der Waals surface area contributed by atoms with E-state index in [9.17, 15) is 9.18 Å². The van der Waals surface area contributed by atoms with Crippen molar-refractivity contribution < 1.29 is 13.9 Å². The molecular formula is C17H16FNO2. The summed E-state index contributed by atoms with van der Waals surface area (Å²) >= 11 is 0. The minimum absolute atomic E-state index is 0.0849. The fourth-order valence-electron chi connectivity index (χ4n) is 2.57. The van der Waals surface area contributed by atoms with Crippen LogP contribution in [0, 0.1) is 5.82 Å². The van der Waals surface area contributed by atoms with Crippen LogP contribution in [0.25, 0.3) is 0 Å². The lowest BCUT2D eigenvalue weighted by Crippen LogP contribution is -2.34. The molecule has 1 aliphatic rings. The third-order valence-electron chi connectivity index (χ3n) is 3.70. The zero-order chi connectivity index (χ0) is 14.8. The average molecular weight is 285 g/mol. The largest absolute Gasteiger partial charge is 0.349 e. The van der Waals surface area contributed by atoms with E-state index in [0.29, 0.717) is 6.54 Å². The summed E-state index contributed by atoms with van der Waals surface area (Å²) in [5.41, 5.74) is 1.11. The predicted octanol–water partition coefficient (Wildman–Crippen LogP) is 3.39. The minimum Gasteiger partial charge on any atom is -0.349 e. The number of carbonyl (C=O) groups is 1. The lowest BCUT2D eigenvalue weighted by molar-refractivity contribution is 0.0136. The Morgan fingerprint density at radius 3 is 2.52 bits per heavy atom. The average Bonchev–Trinajstić information content (AvgIpc) is 2.90. The molecule has 0 spiro atoms. The van der Waals surface area contributed by atoms with Crippen LogP contribution in [0.4, 0.5) is 4.39 Å². The summed E-state index contributed by atoms with van der Waals surface area (Å²) in [4.78, 5) is 14.0. The first-order valence-corrected chi connectivity index (χ1v) is 6.92. The number of nitrogens with zero attached hydrogens (tertiary/aromatic N) is 1. The van der Waals surface area contributed by atoms with Gasteiger partial charge in [0.2, 0.25) is 0 Å². The van der Waals surface area contributed by atoms with Crippen LogP contribution in [0.15, 0.2) is 54.6 Å². The number of amides is 1. The summed E-state index contributed by atoms with van der Waals surface area (Å²) in [7, 11) is 0. The Kier molecular flexibility index (Phi) is 3.71. The van der Waals surface area contributed by atoms with Crippen molar-refractivity contribution in [3.05, 3.63) is 71.5 Å². The SMILES string of the molecule is CC1OC(c2ccccc2)CN1C(=O)c1ccccc1F. The van der Waals surface area contributed by atoms with Crippen molar-refractivity contribution in [2.24, 2.45) is 0 Å². The first-order valence-electron chi connectivity index (χ1n) is 6.92. The van der Waals surface area contributed by atoms with Gasteiger partial charge in [-0.05, 0) is 24.6 Å². The maximum absolute atomic E-state index is 13.8. The summed E-state index contributed by atoms with van der Waals surface area (Å²) < 4.78 is 19.6. The molecule has 108 valence electrons. The number of ether oxygens (including phenoxy) is 1. The Hall–Kier alpha value is -2.20. The Morgan fingerprint density at radius 1 is 1.14 bits per heavy atom. The third-order valence-corrected chi connectivity index (χ3v) is 3.70. The number of rotatable bonds is 2. The summed E-state index contributed by atoms with van der Waals surface area (Å²) in [5.74, 6) is -0.836. The highest BCUT2D eigenvalue weighted by atomic mass is 19.1. The molecule has 21 heavy (non-hydrogen) atoms. The summed E-state index contributed by atoms with van der Waals surface area (Å²) in [5, 5.41) is 0. The molecule has 1 fully saturated rings. The molecule has 2 unspecified atom stereocenters. The number of hydrogen-bond acceptors (Lipinski definition) is 2. The molecule has 1 amide bonds. The van der Waals surface area contributed by atoms with E-state index in [1.807, 2.05) is 37.3 Å². The van der Waals surface area contributed by atoms with E-state index in [1.54, 1.807) is 17.0 Å². The fourth-order valence-corrected chi connectivity index (χ4v) is 2.57. The van der Waals surface area contributed by atoms with Crippen molar-refractivity contribution in [1.29, 1.82) is 0 Å². The molecule has 0 saturated carbocycles. The normalized spacial score (nSPS) is 21.5. The van der Waals surface area contributed by atoms with Gasteiger partial charge in [0, 0.05) is 0 Å². The molecule has 1 heterocycles. The van der Waals surface area contributed by atoms with Crippen LogP contribution in [0.2, 0.25) is 0 Å². The van der Waals surface area contributed by atoms with Crippen molar-refractivity contribution in [2.75, 3.05) is 6.54 Å². The Morgan fingerprint density at radius 2 is 1.81 bits per heavy atom. The number of carbonyl (C=O) groups excluding carboxylic acids is 1. The summed E-state index contributed by atoms with van der Waals surface area (Å²) in [6, 6.07) is 15.8. The van der Waals surface area contributed by atoms with Gasteiger partial charge >= 0.3 is 0 Å². The second kappa shape index (κ2) is 5.66. The topological polar surface area (TPSA) is 29.5 Å². The standard InChI is InChI=1S/C17H16FNO2/c1-12-19(17(20)14-9-5-6-10-15(14)18)11-16(21-12)13-7-3-2-4-8-13/h2-10,12,16H,11H2,1H3. The zero-order valence-electron chi connectivity index (χ0n) is 11.7. The molecule has 1 saturated heterocycles. The minimum atomic E-state index is -0.502. The first-order chi connectivity index (χ1) is 10.2. The Bertz CT molecular complexity index is 644. The Labute approximate surface area is 123 Å². The van der Waals surface area contributed by atoms with E-state index in [2.05, 4.69) is 0 Å². The molecular weight excluding hydrogens is 269 g/mol. The van der Waals surface area contributed by atoms with Crippen molar-refractivity contribution in [3.8, 4) is 0 Å². The van der Waals surface area contributed by atoms with Gasteiger partial charge in [0.1, 0.15) is 18.1 Å². The van der Waals surface area contributed by atoms with E-state index < -0.39 is 5.82 Å². The van der Waals surface area contributed by atoms with Crippen LogP contribution < -0.4 is 0 Å². The molecule has 0 aromatic heterocycles. The van der Waals surface area contributed by atoms with Crippen LogP contribution in [0.1, 0.15) is 28.9 Å². The van der Waals surface area contributed by atoms with Gasteiger partial charge in [0.05, 0.1) is 12.1 Å². The predicted molar refractivity (Wildman–Crippen MR) is 77.2 cm³/mol. The summed E-state index contributed by atoms with van der Waals surface area (Å²) in [6.45, 7) is 2.24. The molecule has 0 N–H and O–H groups in total. The van der Waals surface area contributed by atoms with Crippen molar-refractivity contribution in [3.63, 3.8) is 0 Å². The maximum Gasteiger partial charge on any atom is 0.258 e. The molecule has 3 rings (SSSR count). The molecule has 2 aromatic carbocycles. The van der Waals surface area contributed by atoms with Gasteiger partial charge < -0.3 is 9.64 Å². The van der Waals surface area contributed by atoms with Gasteiger partial charge in [-0.2, -0.15) is 0 Å². The Balaban J connectivity index is 1.81. The van der Waals surface area contributed by atoms with Gasteiger partial charge in [-0.3, -0.25) is 4.79 Å². The van der Waals surface area contributed by atoms with Crippen LogP contribution in [0.5, 0.6) is 0 Å². The molecule has 3 nitrogen and oxygen atoms in total. The second-order valence-electron chi connectivity index (χ2n) is 5.07. The maximum atomic E-state index is 13.8. The molecule has 4 heteroatoms. The molecule has 1 aliphatic heterocycles. The summed E-state index contributed by atoms with van der Waals surface area (Å²) in [6.07, 6.45) is -0.542. The highest BCUT2D eigenvalue weighted by molar-refractivity contribution is 5.94. The van der Waals surface area contributed by atoms with Crippen LogP contribution in [-0.4, -0.2) is 23.6 Å². The number of benzene rings is 2. The molecule has 0 bridgehead atoms. The van der Waals surface area contributed by atoms with Crippen LogP contribution in [0.3, 0.4) is 0 Å². The highest BCUT2D eigenvalue weighted by Crippen LogP contribution is 2.29. The second-order valence-corrected chi connectivity index (χ2v) is 5.07. The monoisotopic (exact) mass is 285 g/mol. The smallest absolute Gasteiger partial charge is 0.258 e. The van der Waals surface area contributed by atoms with E-state index in [-0.39, 0.29) is 23.8 Å². The molecule has 2 atom stereocenters. The zero-order valence-corrected chi connectivity index (χ0v) is 11.7. The van der Waals surface area contributed by atoms with Gasteiger partial charge in [-0.1, -0.05) is 42.5 Å². The van der Waals surface area contributed by atoms with Crippen molar-refractivity contribution in [1.82, 2.24) is 4.90 Å². The van der Waals surface area contributed by atoms with Gasteiger partial charge in [-0.15, -0.1) is 0 Å². The number of halogens is 1. The van der Waals surface area contributed by atoms with Gasteiger partial charge in [0.15, 0.2) is 0 Å². The molecule has 0 radical (unpaired) electrons. The van der Waals surface area contributed by atoms with Gasteiger partial charge in [-0.25, -0.2) is 4.39 Å². The highest BCUT2D eigenvalue weighted by Gasteiger charge is 2.35. The van der Waals surface area contributed by atoms with Crippen molar-refractivity contribution >= 4 is 5.91 Å². The lowest BCUT2D eigenvalue weighted by atomic mass is 10.1. The van der Waals surface area contributed by atoms with E-state index >= 15 is 0 Å². The third kappa shape index (κ3) is 2.67. The van der Waals surface area contributed by atoms with Crippen LogP contribution >= 0.6 is 0 Å². The molecule has 2 aromatic rings. The van der Waals surface area contributed by atoms with E-state index in [1.165, 1.54) is 12.1 Å². The quantitative estimate of drug-likeness (QED) is 0.846.